The first-order valence-corrected chi connectivity index (χ1v) is 5.57. The molecule has 0 aliphatic heterocycles. The van der Waals surface area contributed by atoms with Crippen LogP contribution in [0.4, 0.5) is 10.1 Å². The summed E-state index contributed by atoms with van der Waals surface area (Å²) in [5.74, 6) is 0.187. The van der Waals surface area contributed by atoms with Gasteiger partial charge in [0.25, 0.3) is 0 Å². The van der Waals surface area contributed by atoms with Crippen LogP contribution in [0.1, 0.15) is 5.56 Å². The molecule has 3 aromatic rings. The highest BCUT2D eigenvalue weighted by molar-refractivity contribution is 5.87. The van der Waals surface area contributed by atoms with Gasteiger partial charge >= 0.3 is 0 Å². The smallest absolute Gasteiger partial charge is 0.227 e. The third kappa shape index (κ3) is 1.62. The molecule has 18 heavy (non-hydrogen) atoms. The number of halogens is 1. The molecule has 4 heteroatoms. The number of aryl methyl sites for hydroxylation is 1. The second-order valence-corrected chi connectivity index (χ2v) is 4.17. The number of para-hydroxylation sites is 1. The van der Waals surface area contributed by atoms with Crippen molar-refractivity contribution in [2.75, 3.05) is 5.73 Å². The van der Waals surface area contributed by atoms with E-state index < -0.39 is 0 Å². The lowest BCUT2D eigenvalue weighted by molar-refractivity contribution is 0.615. The van der Waals surface area contributed by atoms with E-state index in [0.29, 0.717) is 22.7 Å². The lowest BCUT2D eigenvalue weighted by atomic mass is 10.1. The van der Waals surface area contributed by atoms with E-state index in [1.54, 1.807) is 18.2 Å². The zero-order valence-electron chi connectivity index (χ0n) is 9.77. The van der Waals surface area contributed by atoms with Crippen molar-refractivity contribution in [3.63, 3.8) is 0 Å². The lowest BCUT2D eigenvalue weighted by Gasteiger charge is -2.00. The molecule has 3 rings (SSSR count). The molecule has 3 nitrogen and oxygen atoms in total. The van der Waals surface area contributed by atoms with Gasteiger partial charge < -0.3 is 10.2 Å². The van der Waals surface area contributed by atoms with Crippen LogP contribution >= 0.6 is 0 Å². The van der Waals surface area contributed by atoms with Gasteiger partial charge in [0.15, 0.2) is 5.58 Å². The molecule has 0 bridgehead atoms. The highest BCUT2D eigenvalue weighted by Gasteiger charge is 2.12. The van der Waals surface area contributed by atoms with Crippen molar-refractivity contribution in [1.29, 1.82) is 0 Å². The fourth-order valence-corrected chi connectivity index (χ4v) is 1.95. The number of nitrogen functional groups attached to an aromatic ring is 1. The zero-order chi connectivity index (χ0) is 12.7. The molecule has 0 radical (unpaired) electrons. The quantitative estimate of drug-likeness (QED) is 0.664. The SMILES string of the molecule is Cc1cc(F)ccc1-c1nc2c(N)cccc2o1. The standard InChI is InChI=1S/C14H11FN2O/c1-8-7-9(15)5-6-10(8)14-17-13-11(16)3-2-4-12(13)18-14/h2-7H,16H2,1H3. The molecule has 0 saturated heterocycles. The topological polar surface area (TPSA) is 52.0 Å². The van der Waals surface area contributed by atoms with Crippen molar-refractivity contribution < 1.29 is 8.81 Å². The number of nitrogens with two attached hydrogens (primary N) is 1. The van der Waals surface area contributed by atoms with E-state index in [-0.39, 0.29) is 5.82 Å². The minimum atomic E-state index is -0.271. The third-order valence-electron chi connectivity index (χ3n) is 2.87. The van der Waals surface area contributed by atoms with Gasteiger partial charge in [-0.05, 0) is 42.8 Å². The number of oxazole rings is 1. The van der Waals surface area contributed by atoms with Crippen molar-refractivity contribution in [2.45, 2.75) is 6.92 Å². The molecule has 0 unspecified atom stereocenters. The first-order chi connectivity index (χ1) is 8.65. The van der Waals surface area contributed by atoms with Crippen LogP contribution in [0.15, 0.2) is 40.8 Å². The summed E-state index contributed by atoms with van der Waals surface area (Å²) in [5, 5.41) is 0. The van der Waals surface area contributed by atoms with Crippen molar-refractivity contribution in [3.8, 4) is 11.5 Å². The normalized spacial score (nSPS) is 11.0. The first-order valence-electron chi connectivity index (χ1n) is 5.57. The molecule has 0 atom stereocenters. The van der Waals surface area contributed by atoms with Gasteiger partial charge in [0, 0.05) is 5.56 Å². The molecule has 0 saturated carbocycles. The fraction of sp³-hybridized carbons (Fsp3) is 0.0714. The number of nitrogens with zero attached hydrogens (tertiary/aromatic N) is 1. The molecule has 1 aromatic heterocycles. The van der Waals surface area contributed by atoms with Crippen molar-refractivity contribution in [1.82, 2.24) is 4.98 Å². The van der Waals surface area contributed by atoms with Gasteiger partial charge in [0.05, 0.1) is 5.69 Å². The Hall–Kier alpha value is -2.36. The van der Waals surface area contributed by atoms with Crippen molar-refractivity contribution in [2.24, 2.45) is 0 Å². The van der Waals surface area contributed by atoms with Gasteiger partial charge in [-0.3, -0.25) is 0 Å². The Morgan fingerprint density at radius 3 is 2.78 bits per heavy atom. The first kappa shape index (κ1) is 10.8. The monoisotopic (exact) mass is 242 g/mol. The molecular weight excluding hydrogens is 231 g/mol. The van der Waals surface area contributed by atoms with Crippen LogP contribution in [-0.2, 0) is 0 Å². The van der Waals surface area contributed by atoms with Crippen LogP contribution in [0.25, 0.3) is 22.6 Å². The minimum Gasteiger partial charge on any atom is -0.436 e. The summed E-state index contributed by atoms with van der Waals surface area (Å²) in [6.07, 6.45) is 0. The Labute approximate surface area is 103 Å². The van der Waals surface area contributed by atoms with E-state index in [2.05, 4.69) is 4.98 Å². The Bertz CT molecular complexity index is 734. The van der Waals surface area contributed by atoms with Crippen LogP contribution in [0.5, 0.6) is 0 Å². The van der Waals surface area contributed by atoms with E-state index in [9.17, 15) is 4.39 Å². The summed E-state index contributed by atoms with van der Waals surface area (Å²) in [5.41, 5.74) is 9.22. The summed E-state index contributed by atoms with van der Waals surface area (Å²) in [7, 11) is 0. The summed E-state index contributed by atoms with van der Waals surface area (Å²) >= 11 is 0. The van der Waals surface area contributed by atoms with Crippen LogP contribution < -0.4 is 5.73 Å². The number of hydrogen-bond acceptors (Lipinski definition) is 3. The van der Waals surface area contributed by atoms with E-state index >= 15 is 0 Å². The average Bonchev–Trinajstić information content (AvgIpc) is 2.74. The van der Waals surface area contributed by atoms with Gasteiger partial charge in [0.1, 0.15) is 11.3 Å². The number of rotatable bonds is 1. The molecule has 90 valence electrons. The molecule has 0 aliphatic carbocycles. The van der Waals surface area contributed by atoms with E-state index in [4.69, 9.17) is 10.2 Å². The average molecular weight is 242 g/mol. The van der Waals surface area contributed by atoms with Gasteiger partial charge in [-0.15, -0.1) is 0 Å². The zero-order valence-corrected chi connectivity index (χ0v) is 9.77. The molecule has 0 amide bonds. The van der Waals surface area contributed by atoms with Gasteiger partial charge in [0.2, 0.25) is 5.89 Å². The molecular formula is C14H11FN2O. The van der Waals surface area contributed by atoms with Crippen LogP contribution in [0, 0.1) is 12.7 Å². The minimum absolute atomic E-state index is 0.271. The Kier molecular flexibility index (Phi) is 2.30. The molecule has 0 spiro atoms. The summed E-state index contributed by atoms with van der Waals surface area (Å²) in [6.45, 7) is 1.82. The molecule has 1 heterocycles. The van der Waals surface area contributed by atoms with Gasteiger partial charge in [-0.2, -0.15) is 0 Å². The predicted octanol–water partition coefficient (Wildman–Crippen LogP) is 3.52. The maximum absolute atomic E-state index is 13.1. The number of anilines is 1. The highest BCUT2D eigenvalue weighted by Crippen LogP contribution is 2.29. The fourth-order valence-electron chi connectivity index (χ4n) is 1.95. The van der Waals surface area contributed by atoms with Crippen molar-refractivity contribution >= 4 is 16.8 Å². The summed E-state index contributed by atoms with van der Waals surface area (Å²) < 4.78 is 18.7. The molecule has 2 aromatic carbocycles. The summed E-state index contributed by atoms with van der Waals surface area (Å²) in [6, 6.07) is 9.89. The number of benzene rings is 2. The molecule has 0 fully saturated rings. The highest BCUT2D eigenvalue weighted by atomic mass is 19.1. The van der Waals surface area contributed by atoms with Crippen molar-refractivity contribution in [3.05, 3.63) is 47.8 Å². The molecule has 2 N–H and O–H groups in total. The largest absolute Gasteiger partial charge is 0.436 e. The second kappa shape index (κ2) is 3.84. The Morgan fingerprint density at radius 1 is 1.22 bits per heavy atom. The Morgan fingerprint density at radius 2 is 2.06 bits per heavy atom. The maximum atomic E-state index is 13.1. The lowest BCUT2D eigenvalue weighted by Crippen LogP contribution is -1.86. The third-order valence-corrected chi connectivity index (χ3v) is 2.87. The summed E-state index contributed by atoms with van der Waals surface area (Å²) in [4.78, 5) is 4.36. The van der Waals surface area contributed by atoms with Crippen LogP contribution in [0.2, 0.25) is 0 Å². The van der Waals surface area contributed by atoms with Crippen LogP contribution in [0.3, 0.4) is 0 Å². The van der Waals surface area contributed by atoms with E-state index in [1.165, 1.54) is 12.1 Å². The Balaban J connectivity index is 2.23. The number of hydrogen-bond donors (Lipinski definition) is 1. The van der Waals surface area contributed by atoms with E-state index in [0.717, 1.165) is 11.1 Å². The van der Waals surface area contributed by atoms with Crippen LogP contribution in [-0.4, -0.2) is 4.98 Å². The van der Waals surface area contributed by atoms with Gasteiger partial charge in [-0.1, -0.05) is 6.07 Å². The number of fused-ring (bicyclic) bond motifs is 1. The van der Waals surface area contributed by atoms with E-state index in [1.807, 2.05) is 13.0 Å². The number of aromatic nitrogens is 1. The van der Waals surface area contributed by atoms with Gasteiger partial charge in [-0.25, -0.2) is 9.37 Å². The maximum Gasteiger partial charge on any atom is 0.227 e. The predicted molar refractivity (Wildman–Crippen MR) is 68.6 cm³/mol. The second-order valence-electron chi connectivity index (χ2n) is 4.17. The molecule has 0 aliphatic rings.